The smallest absolute Gasteiger partial charge is 0.416 e. The van der Waals surface area contributed by atoms with Crippen molar-refractivity contribution in [2.45, 2.75) is 19.0 Å². The second-order valence-corrected chi connectivity index (χ2v) is 6.95. The quantitative estimate of drug-likeness (QED) is 0.653. The summed E-state index contributed by atoms with van der Waals surface area (Å²) in [6.45, 7) is 0.498. The number of halogens is 3. The Balaban J connectivity index is 1.57. The zero-order valence-corrected chi connectivity index (χ0v) is 15.7. The Morgan fingerprint density at radius 1 is 1.13 bits per heavy atom. The molecule has 2 amide bonds. The predicted octanol–water partition coefficient (Wildman–Crippen LogP) is 3.55. The number of benzene rings is 2. The molecule has 2 aliphatic heterocycles. The summed E-state index contributed by atoms with van der Waals surface area (Å²) in [5.74, 6) is -0.483. The molecule has 30 heavy (non-hydrogen) atoms. The highest BCUT2D eigenvalue weighted by Gasteiger charge is 2.32. The largest absolute Gasteiger partial charge is 0.491 e. The molecule has 0 unspecified atom stereocenters. The first-order valence-corrected chi connectivity index (χ1v) is 9.33. The van der Waals surface area contributed by atoms with Crippen molar-refractivity contribution in [2.75, 3.05) is 23.8 Å². The van der Waals surface area contributed by atoms with Crippen molar-refractivity contribution < 1.29 is 27.5 Å². The number of ether oxygens (including phenoxy) is 1. The number of rotatable bonds is 2. The van der Waals surface area contributed by atoms with E-state index < -0.39 is 17.6 Å². The topological polar surface area (TPSA) is 79.5 Å². The predicted molar refractivity (Wildman–Crippen MR) is 105 cm³/mol. The molecule has 0 aromatic heterocycles. The average molecular weight is 417 g/mol. The molecule has 4 rings (SSSR count). The number of anilines is 2. The number of alkyl halides is 3. The van der Waals surface area contributed by atoms with Crippen LogP contribution in [-0.4, -0.2) is 25.0 Å². The van der Waals surface area contributed by atoms with Crippen LogP contribution in [0.3, 0.4) is 0 Å². The Morgan fingerprint density at radius 3 is 2.77 bits per heavy atom. The van der Waals surface area contributed by atoms with Gasteiger partial charge in [0.2, 0.25) is 11.8 Å². The first kappa shape index (κ1) is 19.8. The van der Waals surface area contributed by atoms with Crippen LogP contribution in [0.5, 0.6) is 5.75 Å². The van der Waals surface area contributed by atoms with E-state index in [0.717, 1.165) is 17.7 Å². The third-order valence-corrected chi connectivity index (χ3v) is 4.82. The summed E-state index contributed by atoms with van der Waals surface area (Å²) in [7, 11) is 0. The highest BCUT2D eigenvalue weighted by molar-refractivity contribution is 6.05. The van der Waals surface area contributed by atoms with Crippen molar-refractivity contribution in [2.24, 2.45) is 0 Å². The third kappa shape index (κ3) is 4.24. The Labute approximate surface area is 170 Å². The Bertz CT molecular complexity index is 1050. The van der Waals surface area contributed by atoms with Gasteiger partial charge in [-0.2, -0.15) is 13.2 Å². The molecule has 0 atom stereocenters. The van der Waals surface area contributed by atoms with Gasteiger partial charge in [-0.15, -0.1) is 0 Å². The molecule has 156 valence electrons. The van der Waals surface area contributed by atoms with Gasteiger partial charge in [0.15, 0.2) is 0 Å². The van der Waals surface area contributed by atoms with Crippen LogP contribution in [0.2, 0.25) is 0 Å². The maximum absolute atomic E-state index is 13.0. The highest BCUT2D eigenvalue weighted by Crippen LogP contribution is 2.35. The van der Waals surface area contributed by atoms with Gasteiger partial charge in [0.25, 0.3) is 0 Å². The summed E-state index contributed by atoms with van der Waals surface area (Å²) >= 11 is 0. The summed E-state index contributed by atoms with van der Waals surface area (Å²) in [4.78, 5) is 24.1. The molecule has 2 aromatic carbocycles. The van der Waals surface area contributed by atoms with E-state index in [1.54, 1.807) is 12.1 Å². The molecular formula is C21H18F3N3O3. The van der Waals surface area contributed by atoms with E-state index in [1.807, 2.05) is 6.07 Å². The van der Waals surface area contributed by atoms with Gasteiger partial charge in [-0.3, -0.25) is 9.59 Å². The Kier molecular flexibility index (Phi) is 5.11. The molecule has 2 aliphatic rings. The summed E-state index contributed by atoms with van der Waals surface area (Å²) in [6.07, 6.45) is -2.14. The molecule has 3 N–H and O–H groups in total. The fourth-order valence-electron chi connectivity index (χ4n) is 3.37. The van der Waals surface area contributed by atoms with Crippen molar-refractivity contribution in [3.63, 3.8) is 0 Å². The van der Waals surface area contributed by atoms with Gasteiger partial charge in [-0.05, 0) is 42.3 Å². The van der Waals surface area contributed by atoms with E-state index in [-0.39, 0.29) is 18.3 Å². The van der Waals surface area contributed by atoms with Crippen LogP contribution in [0.15, 0.2) is 42.5 Å². The zero-order valence-electron chi connectivity index (χ0n) is 15.7. The van der Waals surface area contributed by atoms with Crippen LogP contribution in [0.4, 0.5) is 24.5 Å². The van der Waals surface area contributed by atoms with Crippen LogP contribution in [0.25, 0.3) is 5.70 Å². The summed E-state index contributed by atoms with van der Waals surface area (Å²) in [5, 5.41) is 8.49. The van der Waals surface area contributed by atoms with Crippen molar-refractivity contribution in [1.82, 2.24) is 5.32 Å². The highest BCUT2D eigenvalue weighted by atomic mass is 19.4. The number of carbonyl (C=O) groups excluding carboxylic acids is 2. The maximum Gasteiger partial charge on any atom is 0.416 e. The zero-order chi connectivity index (χ0) is 21.3. The van der Waals surface area contributed by atoms with Crippen molar-refractivity contribution >= 4 is 28.9 Å². The maximum atomic E-state index is 13.0. The first-order valence-electron chi connectivity index (χ1n) is 9.33. The number of nitrogens with one attached hydrogen (secondary N) is 3. The van der Waals surface area contributed by atoms with Crippen LogP contribution < -0.4 is 20.7 Å². The lowest BCUT2D eigenvalue weighted by molar-refractivity contribution is -0.137. The standard InChI is InChI=1S/C21H18F3N3O3/c22-21(23,24)13-3-5-15-17(25-7-8-30-18(15)9-13)11-20(29)26-14-4-1-12-2-6-19(28)27-16(12)10-14/h1,3-5,9-11,25H,2,6-8H2,(H,26,29)(H,27,28)/b17-11-. The van der Waals surface area contributed by atoms with Gasteiger partial charge in [0.05, 0.1) is 11.3 Å². The molecule has 0 fully saturated rings. The SMILES string of the molecule is O=C(/C=C1\NCCOc2cc(C(F)(F)F)ccc21)Nc1ccc2c(c1)NC(=O)CC2. The molecule has 6 nitrogen and oxygen atoms in total. The molecule has 9 heteroatoms. The van der Waals surface area contributed by atoms with E-state index >= 15 is 0 Å². The first-order chi connectivity index (χ1) is 14.3. The number of fused-ring (bicyclic) bond motifs is 2. The van der Waals surface area contributed by atoms with Gasteiger partial charge in [0, 0.05) is 36.0 Å². The lowest BCUT2D eigenvalue weighted by atomic mass is 10.0. The van der Waals surface area contributed by atoms with Crippen molar-refractivity contribution in [3.05, 3.63) is 59.2 Å². The van der Waals surface area contributed by atoms with E-state index in [1.165, 1.54) is 12.1 Å². The average Bonchev–Trinajstić information content (AvgIpc) is 2.88. The minimum Gasteiger partial charge on any atom is -0.491 e. The second-order valence-electron chi connectivity index (χ2n) is 6.95. The molecule has 0 saturated heterocycles. The van der Waals surface area contributed by atoms with Crippen LogP contribution in [-0.2, 0) is 22.2 Å². The lowest BCUT2D eigenvalue weighted by Crippen LogP contribution is -2.20. The fraction of sp³-hybridized carbons (Fsp3) is 0.238. The number of amides is 2. The van der Waals surface area contributed by atoms with Gasteiger partial charge >= 0.3 is 6.18 Å². The molecule has 2 heterocycles. The van der Waals surface area contributed by atoms with Crippen molar-refractivity contribution in [3.8, 4) is 5.75 Å². The summed E-state index contributed by atoms with van der Waals surface area (Å²) < 4.78 is 44.3. The summed E-state index contributed by atoms with van der Waals surface area (Å²) in [6, 6.07) is 8.41. The monoisotopic (exact) mass is 417 g/mol. The molecular weight excluding hydrogens is 399 g/mol. The lowest BCUT2D eigenvalue weighted by Gasteiger charge is -2.17. The van der Waals surface area contributed by atoms with Crippen LogP contribution >= 0.6 is 0 Å². The normalized spacial score (nSPS) is 17.0. The van der Waals surface area contributed by atoms with Crippen LogP contribution in [0, 0.1) is 0 Å². The molecule has 0 spiro atoms. The molecule has 0 radical (unpaired) electrons. The minimum absolute atomic E-state index is 0.0605. The Morgan fingerprint density at radius 2 is 1.97 bits per heavy atom. The second kappa shape index (κ2) is 7.74. The molecule has 0 saturated carbocycles. The van der Waals surface area contributed by atoms with Gasteiger partial charge < -0.3 is 20.7 Å². The van der Waals surface area contributed by atoms with E-state index in [0.29, 0.717) is 42.0 Å². The third-order valence-electron chi connectivity index (χ3n) is 4.82. The van der Waals surface area contributed by atoms with Gasteiger partial charge in [-0.1, -0.05) is 6.07 Å². The van der Waals surface area contributed by atoms with E-state index in [2.05, 4.69) is 16.0 Å². The fourth-order valence-corrected chi connectivity index (χ4v) is 3.37. The van der Waals surface area contributed by atoms with Gasteiger partial charge in [0.1, 0.15) is 12.4 Å². The molecule has 0 bridgehead atoms. The van der Waals surface area contributed by atoms with Crippen LogP contribution in [0.1, 0.15) is 23.1 Å². The molecule has 0 aliphatic carbocycles. The number of carbonyl (C=O) groups is 2. The van der Waals surface area contributed by atoms with E-state index in [4.69, 9.17) is 4.74 Å². The number of aryl methyl sites for hydroxylation is 1. The van der Waals surface area contributed by atoms with E-state index in [9.17, 15) is 22.8 Å². The van der Waals surface area contributed by atoms with Crippen molar-refractivity contribution in [1.29, 1.82) is 0 Å². The van der Waals surface area contributed by atoms with Gasteiger partial charge in [-0.25, -0.2) is 0 Å². The Hall–Kier alpha value is -3.49. The number of hydrogen-bond acceptors (Lipinski definition) is 4. The number of hydrogen-bond donors (Lipinski definition) is 3. The minimum atomic E-state index is -4.48. The molecule has 2 aromatic rings. The summed E-state index contributed by atoms with van der Waals surface area (Å²) in [5.41, 5.74) is 2.05.